The molecule has 2 heterocycles. The Morgan fingerprint density at radius 1 is 0.548 bits per heavy atom. The number of rotatable bonds is 16. The summed E-state index contributed by atoms with van der Waals surface area (Å²) in [7, 11) is -7.23. The van der Waals surface area contributed by atoms with Crippen molar-refractivity contribution in [2.24, 2.45) is 0 Å². The number of carbonyl (C=O) groups is 4. The second-order valence-electron chi connectivity index (χ2n) is 19.8. The van der Waals surface area contributed by atoms with Gasteiger partial charge in [0.1, 0.15) is 24.4 Å². The Morgan fingerprint density at radius 2 is 0.863 bits per heavy atom. The lowest BCUT2D eigenvalue weighted by molar-refractivity contribution is -0.182. The van der Waals surface area contributed by atoms with E-state index >= 15 is 0 Å². The maximum absolute atomic E-state index is 13.8. The minimum absolute atomic E-state index is 0. The van der Waals surface area contributed by atoms with Gasteiger partial charge in [0, 0.05) is 32.2 Å². The molecule has 2 saturated heterocycles. The zero-order valence-corrected chi connectivity index (χ0v) is 46.0. The molecule has 20 heteroatoms. The van der Waals surface area contributed by atoms with Crippen molar-refractivity contribution in [3.63, 3.8) is 0 Å². The van der Waals surface area contributed by atoms with Crippen molar-refractivity contribution < 1.29 is 55.7 Å². The normalized spacial score (nSPS) is 21.6. The molecule has 0 spiro atoms. The molecule has 4 aromatic rings. The maximum Gasteiger partial charge on any atom is 0.306 e. The van der Waals surface area contributed by atoms with Crippen molar-refractivity contribution in [3.8, 4) is 0 Å². The number of carboxylic acid groups (broad SMARTS) is 2. The maximum atomic E-state index is 13.8. The molecule has 8 atom stereocenters. The van der Waals surface area contributed by atoms with Crippen molar-refractivity contribution in [2.75, 3.05) is 11.5 Å². The van der Waals surface area contributed by atoms with Gasteiger partial charge in [0.15, 0.2) is 19.7 Å². The molecule has 2 fully saturated rings. The number of halogens is 4. The Morgan fingerprint density at radius 3 is 1.12 bits per heavy atom. The first-order valence-electron chi connectivity index (χ1n) is 23.3. The number of carbonyl (C=O) groups excluding carboxylic acids is 2. The number of benzene rings is 4. The highest BCUT2D eigenvalue weighted by atomic mass is 35.5. The van der Waals surface area contributed by atoms with E-state index in [9.17, 15) is 46.2 Å². The molecule has 0 aromatic heterocycles. The van der Waals surface area contributed by atoms with Gasteiger partial charge in [-0.3, -0.25) is 19.2 Å². The molecule has 4 aromatic carbocycles. The fourth-order valence-electron chi connectivity index (χ4n) is 8.60. The third-order valence-electron chi connectivity index (χ3n) is 12.8. The van der Waals surface area contributed by atoms with Crippen LogP contribution in [0.4, 0.5) is 0 Å². The van der Waals surface area contributed by atoms with E-state index in [0.717, 1.165) is 0 Å². The van der Waals surface area contributed by atoms with Gasteiger partial charge in [0.2, 0.25) is 0 Å². The van der Waals surface area contributed by atoms with Gasteiger partial charge in [0.05, 0.1) is 45.9 Å². The molecule has 0 radical (unpaired) electrons. The van der Waals surface area contributed by atoms with Crippen LogP contribution in [0.5, 0.6) is 0 Å². The van der Waals surface area contributed by atoms with E-state index in [1.54, 1.807) is 139 Å². The third-order valence-corrected chi connectivity index (χ3v) is 19.1. The van der Waals surface area contributed by atoms with Crippen molar-refractivity contribution in [3.05, 3.63) is 139 Å². The molecule has 0 bridgehead atoms. The molecule has 14 nitrogen and oxygen atoms in total. The first-order chi connectivity index (χ1) is 33.5. The van der Waals surface area contributed by atoms with Crippen LogP contribution < -0.4 is 0 Å². The molecule has 2 N–H and O–H groups in total. The van der Waals surface area contributed by atoms with E-state index in [-0.39, 0.29) is 18.9 Å². The standard InChI is InChI=1S/2C26H31Cl2NO6S.CH4/c2*1-5-20(15-36(33,34)26(2,3)4)29-23(16-9-11-18(27)12-10-16)24(17-7-6-8-19(28)13-17)35-21(25(29)32)14-22(30)31;/h2*6-13,20-21,23-24H,5,14-15H2,1-4H3,(H,30,31);1H4/t20-,21+,23+,24+;20-,21-,23+,24+;/m00./s1. The van der Waals surface area contributed by atoms with Crippen LogP contribution in [0.3, 0.4) is 0 Å². The van der Waals surface area contributed by atoms with Crippen LogP contribution in [0.1, 0.15) is 135 Å². The monoisotopic (exact) mass is 1130 g/mol. The van der Waals surface area contributed by atoms with E-state index in [4.69, 9.17) is 55.9 Å². The summed E-state index contributed by atoms with van der Waals surface area (Å²) in [5.41, 5.74) is 2.64. The highest BCUT2D eigenvalue weighted by Gasteiger charge is 2.50. The number of aliphatic carboxylic acids is 2. The summed E-state index contributed by atoms with van der Waals surface area (Å²) in [5, 5.41) is 20.9. The van der Waals surface area contributed by atoms with Gasteiger partial charge in [-0.05, 0) is 125 Å². The Bertz CT molecular complexity index is 2610. The first-order valence-corrected chi connectivity index (χ1v) is 28.2. The summed E-state index contributed by atoms with van der Waals surface area (Å²) in [6.45, 7) is 13.3. The fraction of sp³-hybridized carbons (Fsp3) is 0.472. The molecule has 6 rings (SSSR count). The zero-order valence-electron chi connectivity index (χ0n) is 41.3. The van der Waals surface area contributed by atoms with Crippen molar-refractivity contribution in [2.45, 2.75) is 147 Å². The summed E-state index contributed by atoms with van der Waals surface area (Å²) in [6, 6.07) is 24.7. The second-order valence-corrected chi connectivity index (χ2v) is 27.1. The summed E-state index contributed by atoms with van der Waals surface area (Å²) in [5.74, 6) is -4.06. The Hall–Kier alpha value is -4.26. The topological polar surface area (TPSA) is 202 Å². The Balaban J connectivity index is 0.000000312. The Kier molecular flexibility index (Phi) is 21.0. The summed E-state index contributed by atoms with van der Waals surface area (Å²) >= 11 is 24.8. The molecule has 2 aliphatic rings. The summed E-state index contributed by atoms with van der Waals surface area (Å²) < 4.78 is 63.1. The zero-order chi connectivity index (χ0) is 53.7. The largest absolute Gasteiger partial charge is 0.481 e. The van der Waals surface area contributed by atoms with Crippen LogP contribution in [0.25, 0.3) is 0 Å². The Labute approximate surface area is 450 Å². The minimum atomic E-state index is -3.62. The highest BCUT2D eigenvalue weighted by molar-refractivity contribution is 7.93. The number of ether oxygens (including phenoxy) is 2. The lowest BCUT2D eigenvalue weighted by atomic mass is 9.89. The quantitative estimate of drug-likeness (QED) is 0.108. The SMILES string of the molecule is C.CC[C@@H](CS(=O)(=O)C(C)(C)C)N1C(=O)[C@@H](CC(=O)O)O[C@H](c2cccc(Cl)c2)[C@H]1c1ccc(Cl)cc1.CC[C@@H](CS(=O)(=O)C(C)(C)C)N1C(=O)[C@H](CC(=O)O)O[C@H](c2cccc(Cl)c2)[C@H]1c1ccc(Cl)cc1. The van der Waals surface area contributed by atoms with Crippen LogP contribution in [0, 0.1) is 0 Å². The summed E-state index contributed by atoms with van der Waals surface area (Å²) in [6.07, 6.45) is -4.59. The van der Waals surface area contributed by atoms with Crippen LogP contribution in [0.15, 0.2) is 97.1 Å². The van der Waals surface area contributed by atoms with Gasteiger partial charge in [0.25, 0.3) is 11.8 Å². The molecular formula is C53H66Cl4N2O12S2. The molecule has 2 aliphatic heterocycles. The number of sulfone groups is 2. The van der Waals surface area contributed by atoms with Crippen molar-refractivity contribution >= 4 is 89.8 Å². The van der Waals surface area contributed by atoms with Gasteiger partial charge in [-0.1, -0.05) is 116 Å². The van der Waals surface area contributed by atoms with E-state index in [1.165, 1.54) is 9.80 Å². The molecule has 2 amide bonds. The van der Waals surface area contributed by atoms with Crippen molar-refractivity contribution in [1.29, 1.82) is 0 Å². The smallest absolute Gasteiger partial charge is 0.306 e. The number of amides is 2. The predicted octanol–water partition coefficient (Wildman–Crippen LogP) is 11.6. The van der Waals surface area contributed by atoms with E-state index in [2.05, 4.69) is 0 Å². The average Bonchev–Trinajstić information content (AvgIpc) is 3.28. The van der Waals surface area contributed by atoms with Gasteiger partial charge in [-0.2, -0.15) is 0 Å². The minimum Gasteiger partial charge on any atom is -0.481 e. The molecule has 73 heavy (non-hydrogen) atoms. The molecule has 0 saturated carbocycles. The lowest BCUT2D eigenvalue weighted by Gasteiger charge is -2.48. The molecular weight excluding hydrogens is 1060 g/mol. The van der Waals surface area contributed by atoms with Gasteiger partial charge < -0.3 is 29.5 Å². The number of carboxylic acids is 2. The number of hydrogen-bond acceptors (Lipinski definition) is 10. The van der Waals surface area contributed by atoms with Crippen LogP contribution in [-0.2, 0) is 48.3 Å². The number of morpholine rings is 2. The van der Waals surface area contributed by atoms with E-state index in [0.29, 0.717) is 55.2 Å². The van der Waals surface area contributed by atoms with Gasteiger partial charge >= 0.3 is 11.9 Å². The molecule has 400 valence electrons. The van der Waals surface area contributed by atoms with Crippen molar-refractivity contribution in [1.82, 2.24) is 9.80 Å². The number of nitrogens with zero attached hydrogens (tertiary/aromatic N) is 2. The molecule has 0 unspecified atom stereocenters. The van der Waals surface area contributed by atoms with E-state index in [1.807, 2.05) is 13.8 Å². The third kappa shape index (κ3) is 15.0. The van der Waals surface area contributed by atoms with Gasteiger partial charge in [-0.25, -0.2) is 16.8 Å². The first kappa shape index (κ1) is 61.3. The van der Waals surface area contributed by atoms with Crippen LogP contribution >= 0.6 is 46.4 Å². The van der Waals surface area contributed by atoms with Crippen LogP contribution in [-0.4, -0.2) is 106 Å². The van der Waals surface area contributed by atoms with Gasteiger partial charge in [-0.15, -0.1) is 0 Å². The second kappa shape index (κ2) is 25.1. The summed E-state index contributed by atoms with van der Waals surface area (Å²) in [4.78, 5) is 53.8. The number of hydrogen-bond donors (Lipinski definition) is 2. The van der Waals surface area contributed by atoms with Crippen LogP contribution in [0.2, 0.25) is 20.1 Å². The van der Waals surface area contributed by atoms with E-state index < -0.39 is 114 Å². The average molecular weight is 1130 g/mol. The predicted molar refractivity (Wildman–Crippen MR) is 287 cm³/mol. The molecule has 0 aliphatic carbocycles. The lowest BCUT2D eigenvalue weighted by Crippen LogP contribution is -2.57. The fourth-order valence-corrected chi connectivity index (χ4v) is 12.1. The highest BCUT2D eigenvalue weighted by Crippen LogP contribution is 2.47.